The van der Waals surface area contributed by atoms with Gasteiger partial charge in [-0.25, -0.2) is 4.79 Å². The molecule has 0 radical (unpaired) electrons. The molecule has 3 rings (SSSR count). The van der Waals surface area contributed by atoms with E-state index in [0.717, 1.165) is 18.4 Å². The molecule has 1 atom stereocenters. The highest BCUT2D eigenvalue weighted by Gasteiger charge is 2.28. The van der Waals surface area contributed by atoms with Crippen molar-refractivity contribution < 1.29 is 14.3 Å². The Kier molecular flexibility index (Phi) is 6.30. The third-order valence-corrected chi connectivity index (χ3v) is 4.73. The van der Waals surface area contributed by atoms with Crippen LogP contribution in [-0.2, 0) is 11.3 Å². The molecule has 0 saturated carbocycles. The largest absolute Gasteiger partial charge is 0.495 e. The summed E-state index contributed by atoms with van der Waals surface area (Å²) in [5, 5.41) is 5.86. The first-order chi connectivity index (χ1) is 13.2. The topological polar surface area (TPSA) is 70.7 Å². The van der Waals surface area contributed by atoms with Crippen LogP contribution in [0.15, 0.2) is 54.6 Å². The summed E-state index contributed by atoms with van der Waals surface area (Å²) in [4.78, 5) is 26.8. The zero-order valence-corrected chi connectivity index (χ0v) is 15.5. The quantitative estimate of drug-likeness (QED) is 0.852. The van der Waals surface area contributed by atoms with Gasteiger partial charge in [-0.05, 0) is 30.5 Å². The van der Waals surface area contributed by atoms with Gasteiger partial charge in [0.2, 0.25) is 5.91 Å². The number of rotatable bonds is 5. The summed E-state index contributed by atoms with van der Waals surface area (Å²) < 4.78 is 5.28. The van der Waals surface area contributed by atoms with Crippen LogP contribution in [0.25, 0.3) is 0 Å². The fourth-order valence-corrected chi connectivity index (χ4v) is 3.24. The molecule has 0 bridgehead atoms. The van der Waals surface area contributed by atoms with Crippen LogP contribution >= 0.6 is 0 Å². The summed E-state index contributed by atoms with van der Waals surface area (Å²) in [5.74, 6) is 0.310. The van der Waals surface area contributed by atoms with E-state index in [1.807, 2.05) is 48.5 Å². The monoisotopic (exact) mass is 367 g/mol. The number of methoxy groups -OCH3 is 1. The summed E-state index contributed by atoms with van der Waals surface area (Å²) in [6, 6.07) is 17.0. The average Bonchev–Trinajstić information content (AvgIpc) is 2.73. The van der Waals surface area contributed by atoms with Crippen molar-refractivity contribution in [2.24, 2.45) is 5.92 Å². The molecule has 6 nitrogen and oxygen atoms in total. The summed E-state index contributed by atoms with van der Waals surface area (Å²) in [7, 11) is 1.57. The number of piperidine rings is 1. The summed E-state index contributed by atoms with van der Waals surface area (Å²) in [6.07, 6.45) is 1.58. The molecule has 2 aromatic rings. The lowest BCUT2D eigenvalue weighted by Gasteiger charge is -2.32. The van der Waals surface area contributed by atoms with Crippen molar-refractivity contribution in [2.75, 3.05) is 25.5 Å². The molecule has 0 aliphatic carbocycles. The molecule has 6 heteroatoms. The van der Waals surface area contributed by atoms with Gasteiger partial charge in [0.05, 0.1) is 18.7 Å². The zero-order chi connectivity index (χ0) is 19.1. The van der Waals surface area contributed by atoms with E-state index in [1.165, 1.54) is 0 Å². The number of likely N-dealkylation sites (tertiary alicyclic amines) is 1. The van der Waals surface area contributed by atoms with Gasteiger partial charge in [-0.2, -0.15) is 0 Å². The van der Waals surface area contributed by atoms with Gasteiger partial charge in [0.15, 0.2) is 0 Å². The number of para-hydroxylation sites is 2. The highest BCUT2D eigenvalue weighted by atomic mass is 16.5. The van der Waals surface area contributed by atoms with Gasteiger partial charge >= 0.3 is 6.03 Å². The van der Waals surface area contributed by atoms with E-state index in [0.29, 0.717) is 31.1 Å². The molecule has 1 saturated heterocycles. The smallest absolute Gasteiger partial charge is 0.317 e. The number of nitrogens with zero attached hydrogens (tertiary/aromatic N) is 1. The minimum Gasteiger partial charge on any atom is -0.495 e. The maximum atomic E-state index is 12.7. The minimum atomic E-state index is -0.230. The van der Waals surface area contributed by atoms with Crippen LogP contribution in [0.4, 0.5) is 10.5 Å². The van der Waals surface area contributed by atoms with E-state index < -0.39 is 0 Å². The Bertz CT molecular complexity index is 779. The Balaban J connectivity index is 1.55. The fraction of sp³-hybridized carbons (Fsp3) is 0.333. The fourth-order valence-electron chi connectivity index (χ4n) is 3.24. The SMILES string of the molecule is COc1ccccc1NC(=O)[C@@H]1CCCN(C(=O)NCc2ccccc2)C1. The molecule has 27 heavy (non-hydrogen) atoms. The second-order valence-corrected chi connectivity index (χ2v) is 6.62. The molecule has 1 fully saturated rings. The van der Waals surface area contributed by atoms with Gasteiger partial charge in [-0.3, -0.25) is 4.79 Å². The van der Waals surface area contributed by atoms with E-state index in [1.54, 1.807) is 18.1 Å². The van der Waals surface area contributed by atoms with Crippen molar-refractivity contribution in [3.05, 3.63) is 60.2 Å². The first-order valence-electron chi connectivity index (χ1n) is 9.18. The second-order valence-electron chi connectivity index (χ2n) is 6.62. The number of hydrogen-bond donors (Lipinski definition) is 2. The van der Waals surface area contributed by atoms with E-state index >= 15 is 0 Å². The van der Waals surface area contributed by atoms with E-state index in [9.17, 15) is 9.59 Å². The maximum absolute atomic E-state index is 12.7. The van der Waals surface area contributed by atoms with Crippen molar-refractivity contribution in [3.8, 4) is 5.75 Å². The van der Waals surface area contributed by atoms with E-state index in [4.69, 9.17) is 4.74 Å². The number of amides is 3. The molecule has 0 unspecified atom stereocenters. The molecular weight excluding hydrogens is 342 g/mol. The number of carbonyl (C=O) groups is 2. The van der Waals surface area contributed by atoms with Gasteiger partial charge in [0, 0.05) is 19.6 Å². The molecule has 1 heterocycles. The first-order valence-corrected chi connectivity index (χ1v) is 9.18. The number of ether oxygens (including phenoxy) is 1. The van der Waals surface area contributed by atoms with E-state index in [2.05, 4.69) is 10.6 Å². The van der Waals surface area contributed by atoms with Crippen LogP contribution in [0.2, 0.25) is 0 Å². The van der Waals surface area contributed by atoms with Gasteiger partial charge in [0.1, 0.15) is 5.75 Å². The van der Waals surface area contributed by atoms with Gasteiger partial charge in [-0.1, -0.05) is 42.5 Å². The van der Waals surface area contributed by atoms with Crippen LogP contribution in [0.1, 0.15) is 18.4 Å². The predicted molar refractivity (Wildman–Crippen MR) is 105 cm³/mol. The lowest BCUT2D eigenvalue weighted by atomic mass is 9.97. The number of carbonyl (C=O) groups excluding carboxylic acids is 2. The predicted octanol–water partition coefficient (Wildman–Crippen LogP) is 3.26. The molecule has 1 aliphatic heterocycles. The highest BCUT2D eigenvalue weighted by molar-refractivity contribution is 5.94. The standard InChI is InChI=1S/C21H25N3O3/c1-27-19-12-6-5-11-18(19)23-20(25)17-10-7-13-24(15-17)21(26)22-14-16-8-3-2-4-9-16/h2-6,8-9,11-12,17H,7,10,13-15H2,1H3,(H,22,26)(H,23,25)/t17-/m1/s1. The normalized spacial score (nSPS) is 16.5. The van der Waals surface area contributed by atoms with Crippen LogP contribution in [0.5, 0.6) is 5.75 Å². The summed E-state index contributed by atoms with van der Waals surface area (Å²) >= 11 is 0. The number of urea groups is 1. The maximum Gasteiger partial charge on any atom is 0.317 e. The highest BCUT2D eigenvalue weighted by Crippen LogP contribution is 2.25. The van der Waals surface area contributed by atoms with Crippen LogP contribution in [0.3, 0.4) is 0 Å². The van der Waals surface area contributed by atoms with Crippen molar-refractivity contribution in [3.63, 3.8) is 0 Å². The van der Waals surface area contributed by atoms with Gasteiger partial charge < -0.3 is 20.3 Å². The summed E-state index contributed by atoms with van der Waals surface area (Å²) in [6.45, 7) is 1.56. The summed E-state index contributed by atoms with van der Waals surface area (Å²) in [5.41, 5.74) is 1.70. The molecule has 0 spiro atoms. The first kappa shape index (κ1) is 18.8. The Hall–Kier alpha value is -3.02. The second kappa shape index (κ2) is 9.07. The molecule has 2 N–H and O–H groups in total. The Morgan fingerprint density at radius 1 is 1.11 bits per heavy atom. The molecule has 1 aliphatic rings. The van der Waals surface area contributed by atoms with Crippen molar-refractivity contribution in [2.45, 2.75) is 19.4 Å². The lowest BCUT2D eigenvalue weighted by molar-refractivity contribution is -0.121. The molecule has 0 aromatic heterocycles. The number of benzene rings is 2. The number of nitrogens with one attached hydrogen (secondary N) is 2. The third-order valence-electron chi connectivity index (χ3n) is 4.73. The lowest BCUT2D eigenvalue weighted by Crippen LogP contribution is -2.47. The van der Waals surface area contributed by atoms with Crippen molar-refractivity contribution >= 4 is 17.6 Å². The Labute approximate surface area is 159 Å². The minimum absolute atomic E-state index is 0.0833. The molecule has 142 valence electrons. The van der Waals surface area contributed by atoms with Gasteiger partial charge in [-0.15, -0.1) is 0 Å². The van der Waals surface area contributed by atoms with Crippen molar-refractivity contribution in [1.82, 2.24) is 10.2 Å². The van der Waals surface area contributed by atoms with Crippen molar-refractivity contribution in [1.29, 1.82) is 0 Å². The molecule has 2 aromatic carbocycles. The van der Waals surface area contributed by atoms with Gasteiger partial charge in [0.25, 0.3) is 0 Å². The molecule has 3 amide bonds. The number of anilines is 1. The third kappa shape index (κ3) is 5.00. The Morgan fingerprint density at radius 2 is 1.85 bits per heavy atom. The molecular formula is C21H25N3O3. The van der Waals surface area contributed by atoms with Crippen LogP contribution in [-0.4, -0.2) is 37.0 Å². The Morgan fingerprint density at radius 3 is 2.63 bits per heavy atom. The number of hydrogen-bond acceptors (Lipinski definition) is 3. The zero-order valence-electron chi connectivity index (χ0n) is 15.5. The van der Waals surface area contributed by atoms with Crippen LogP contribution in [0, 0.1) is 5.92 Å². The van der Waals surface area contributed by atoms with E-state index in [-0.39, 0.29) is 17.9 Å². The van der Waals surface area contributed by atoms with Crippen LogP contribution < -0.4 is 15.4 Å². The average molecular weight is 367 g/mol.